The number of likely N-dealkylation sites (tertiary alicyclic amines) is 1. The molecule has 0 unspecified atom stereocenters. The molecule has 1 aromatic rings. The zero-order valence-electron chi connectivity index (χ0n) is 11.4. The Morgan fingerprint density at radius 3 is 2.74 bits per heavy atom. The summed E-state index contributed by atoms with van der Waals surface area (Å²) in [5.41, 5.74) is 7.93. The van der Waals surface area contributed by atoms with Gasteiger partial charge in [-0.1, -0.05) is 24.4 Å². The van der Waals surface area contributed by atoms with E-state index in [4.69, 9.17) is 17.3 Å². The highest BCUT2D eigenvalue weighted by Gasteiger charge is 2.32. The van der Waals surface area contributed by atoms with E-state index in [1.165, 1.54) is 50.6 Å². The largest absolute Gasteiger partial charge is 0.399 e. The first-order chi connectivity index (χ1) is 9.22. The normalized spacial score (nSPS) is 28.1. The standard InChI is InChI=1S/C16H23ClN2/c17-14-8-12(9-15(18)10-14)11-19-7-3-5-13-4-1-2-6-16(13)19/h8-10,13,16H,1-7,11,18H2/t13-,16-/m1/s1. The molecule has 1 heterocycles. The van der Waals surface area contributed by atoms with Gasteiger partial charge in [-0.05, 0) is 61.9 Å². The Labute approximate surface area is 120 Å². The zero-order valence-corrected chi connectivity index (χ0v) is 12.2. The van der Waals surface area contributed by atoms with Crippen molar-refractivity contribution in [3.05, 3.63) is 28.8 Å². The summed E-state index contributed by atoms with van der Waals surface area (Å²) in [5.74, 6) is 0.930. The molecule has 2 atom stereocenters. The van der Waals surface area contributed by atoms with E-state index in [0.717, 1.165) is 29.2 Å². The molecule has 1 saturated heterocycles. The second-order valence-corrected chi connectivity index (χ2v) is 6.55. The van der Waals surface area contributed by atoms with Crippen molar-refractivity contribution in [1.82, 2.24) is 4.90 Å². The Bertz CT molecular complexity index is 424. The number of benzene rings is 1. The fourth-order valence-electron chi connectivity index (χ4n) is 3.93. The highest BCUT2D eigenvalue weighted by Crippen LogP contribution is 2.36. The number of rotatable bonds is 2. The second kappa shape index (κ2) is 5.72. The van der Waals surface area contributed by atoms with Gasteiger partial charge in [-0.2, -0.15) is 0 Å². The summed E-state index contributed by atoms with van der Waals surface area (Å²) >= 11 is 6.11. The number of hydrogen-bond donors (Lipinski definition) is 1. The van der Waals surface area contributed by atoms with Gasteiger partial charge in [-0.3, -0.25) is 4.90 Å². The third kappa shape index (κ3) is 3.06. The molecule has 1 aromatic carbocycles. The van der Waals surface area contributed by atoms with E-state index in [9.17, 15) is 0 Å². The van der Waals surface area contributed by atoms with Crippen LogP contribution in [0, 0.1) is 5.92 Å². The van der Waals surface area contributed by atoms with Crippen LogP contribution in [0.15, 0.2) is 18.2 Å². The molecule has 2 N–H and O–H groups in total. The number of nitrogens with two attached hydrogens (primary N) is 1. The van der Waals surface area contributed by atoms with Gasteiger partial charge in [0.2, 0.25) is 0 Å². The molecule has 2 aliphatic rings. The third-order valence-corrected chi connectivity index (χ3v) is 4.94. The van der Waals surface area contributed by atoms with Crippen molar-refractivity contribution in [2.75, 3.05) is 12.3 Å². The minimum absolute atomic E-state index is 0.757. The quantitative estimate of drug-likeness (QED) is 0.826. The second-order valence-electron chi connectivity index (χ2n) is 6.12. The molecule has 104 valence electrons. The number of nitrogens with zero attached hydrogens (tertiary/aromatic N) is 1. The van der Waals surface area contributed by atoms with Crippen molar-refractivity contribution in [1.29, 1.82) is 0 Å². The molecule has 0 amide bonds. The first-order valence-corrected chi connectivity index (χ1v) is 7.89. The number of anilines is 1. The highest BCUT2D eigenvalue weighted by molar-refractivity contribution is 6.30. The van der Waals surface area contributed by atoms with Crippen molar-refractivity contribution in [2.24, 2.45) is 5.92 Å². The van der Waals surface area contributed by atoms with E-state index >= 15 is 0 Å². The lowest BCUT2D eigenvalue weighted by Gasteiger charge is -2.44. The topological polar surface area (TPSA) is 29.3 Å². The van der Waals surface area contributed by atoms with Gasteiger partial charge in [-0.15, -0.1) is 0 Å². The van der Waals surface area contributed by atoms with Crippen LogP contribution in [0.4, 0.5) is 5.69 Å². The average molecular weight is 279 g/mol. The van der Waals surface area contributed by atoms with E-state index in [1.807, 2.05) is 6.07 Å². The molecule has 1 aliphatic heterocycles. The molecule has 0 aromatic heterocycles. The van der Waals surface area contributed by atoms with Crippen LogP contribution in [0.3, 0.4) is 0 Å². The first kappa shape index (κ1) is 13.3. The highest BCUT2D eigenvalue weighted by atomic mass is 35.5. The molecule has 0 radical (unpaired) electrons. The van der Waals surface area contributed by atoms with Gasteiger partial charge >= 0.3 is 0 Å². The maximum atomic E-state index is 6.11. The molecular weight excluding hydrogens is 256 g/mol. The number of hydrogen-bond acceptors (Lipinski definition) is 2. The number of piperidine rings is 1. The minimum Gasteiger partial charge on any atom is -0.399 e. The zero-order chi connectivity index (χ0) is 13.2. The van der Waals surface area contributed by atoms with E-state index in [-0.39, 0.29) is 0 Å². The summed E-state index contributed by atoms with van der Waals surface area (Å²) in [5, 5.41) is 0.757. The molecule has 3 rings (SSSR count). The summed E-state index contributed by atoms with van der Waals surface area (Å²) in [7, 11) is 0. The van der Waals surface area contributed by atoms with Crippen molar-refractivity contribution >= 4 is 17.3 Å². The minimum atomic E-state index is 0.757. The van der Waals surface area contributed by atoms with Crippen LogP contribution < -0.4 is 5.73 Å². The number of fused-ring (bicyclic) bond motifs is 1. The predicted octanol–water partition coefficient (Wildman–Crippen LogP) is 4.08. The van der Waals surface area contributed by atoms with Gasteiger partial charge in [0, 0.05) is 23.3 Å². The molecule has 0 bridgehead atoms. The summed E-state index contributed by atoms with van der Waals surface area (Å²) in [6, 6.07) is 6.75. The number of nitrogen functional groups attached to an aromatic ring is 1. The molecule has 0 spiro atoms. The first-order valence-electron chi connectivity index (χ1n) is 7.51. The molecule has 19 heavy (non-hydrogen) atoms. The summed E-state index contributed by atoms with van der Waals surface area (Å²) in [6.45, 7) is 2.24. The van der Waals surface area contributed by atoms with Gasteiger partial charge in [0.25, 0.3) is 0 Å². The molecular formula is C16H23ClN2. The molecule has 2 nitrogen and oxygen atoms in total. The van der Waals surface area contributed by atoms with Crippen LogP contribution in [-0.4, -0.2) is 17.5 Å². The average Bonchev–Trinajstić information content (AvgIpc) is 2.38. The lowest BCUT2D eigenvalue weighted by molar-refractivity contribution is 0.0547. The summed E-state index contributed by atoms with van der Waals surface area (Å²) < 4.78 is 0. The Morgan fingerprint density at radius 2 is 1.89 bits per heavy atom. The Morgan fingerprint density at radius 1 is 1.11 bits per heavy atom. The Hall–Kier alpha value is -0.730. The van der Waals surface area contributed by atoms with E-state index in [0.29, 0.717) is 0 Å². The van der Waals surface area contributed by atoms with Crippen molar-refractivity contribution < 1.29 is 0 Å². The third-order valence-electron chi connectivity index (χ3n) is 4.72. The maximum Gasteiger partial charge on any atom is 0.0429 e. The summed E-state index contributed by atoms with van der Waals surface area (Å²) in [4.78, 5) is 2.67. The van der Waals surface area contributed by atoms with Gasteiger partial charge in [0.05, 0.1) is 0 Å². The van der Waals surface area contributed by atoms with E-state index < -0.39 is 0 Å². The van der Waals surface area contributed by atoms with Crippen LogP contribution in [0.25, 0.3) is 0 Å². The fraction of sp³-hybridized carbons (Fsp3) is 0.625. The van der Waals surface area contributed by atoms with E-state index in [1.54, 1.807) is 0 Å². The van der Waals surface area contributed by atoms with Crippen LogP contribution in [0.1, 0.15) is 44.1 Å². The monoisotopic (exact) mass is 278 g/mol. The molecule has 3 heteroatoms. The Kier molecular flexibility index (Phi) is 3.99. The molecule has 1 saturated carbocycles. The fourth-order valence-corrected chi connectivity index (χ4v) is 4.19. The van der Waals surface area contributed by atoms with E-state index in [2.05, 4.69) is 17.0 Å². The smallest absolute Gasteiger partial charge is 0.0429 e. The Balaban J connectivity index is 1.74. The maximum absolute atomic E-state index is 6.11. The van der Waals surface area contributed by atoms with Gasteiger partial charge in [-0.25, -0.2) is 0 Å². The van der Waals surface area contributed by atoms with Crippen LogP contribution in [0.5, 0.6) is 0 Å². The number of halogens is 1. The predicted molar refractivity (Wildman–Crippen MR) is 81.3 cm³/mol. The van der Waals surface area contributed by atoms with Crippen LogP contribution in [-0.2, 0) is 6.54 Å². The lowest BCUT2D eigenvalue weighted by Crippen LogP contribution is -2.46. The van der Waals surface area contributed by atoms with Crippen LogP contribution >= 0.6 is 11.6 Å². The van der Waals surface area contributed by atoms with Gasteiger partial charge in [0.1, 0.15) is 0 Å². The van der Waals surface area contributed by atoms with Gasteiger partial charge < -0.3 is 5.73 Å². The van der Waals surface area contributed by atoms with Crippen molar-refractivity contribution in [3.63, 3.8) is 0 Å². The summed E-state index contributed by atoms with van der Waals surface area (Å²) in [6.07, 6.45) is 8.41. The van der Waals surface area contributed by atoms with Gasteiger partial charge in [0.15, 0.2) is 0 Å². The molecule has 1 aliphatic carbocycles. The van der Waals surface area contributed by atoms with Crippen molar-refractivity contribution in [3.8, 4) is 0 Å². The van der Waals surface area contributed by atoms with Crippen molar-refractivity contribution in [2.45, 2.75) is 51.1 Å². The SMILES string of the molecule is Nc1cc(Cl)cc(CN2CCC[C@H]3CCCC[C@H]32)c1. The lowest BCUT2D eigenvalue weighted by atomic mass is 9.78. The van der Waals surface area contributed by atoms with Crippen LogP contribution in [0.2, 0.25) is 5.02 Å². The molecule has 2 fully saturated rings.